The summed E-state index contributed by atoms with van der Waals surface area (Å²) in [4.78, 5) is 24.3. The molecule has 0 aliphatic rings. The Morgan fingerprint density at radius 2 is 1.88 bits per heavy atom. The van der Waals surface area contributed by atoms with Crippen molar-refractivity contribution in [2.45, 2.75) is 53.1 Å². The number of carbonyl (C=O) groups excluding carboxylic acids is 2. The van der Waals surface area contributed by atoms with E-state index in [2.05, 4.69) is 22.0 Å². The fourth-order valence-corrected chi connectivity index (χ4v) is 2.13. The highest BCUT2D eigenvalue weighted by molar-refractivity contribution is 5.96. The molecule has 6 heteroatoms. The smallest absolute Gasteiger partial charge is 0.251 e. The third kappa shape index (κ3) is 5.79. The first-order valence-electron chi connectivity index (χ1n) is 8.46. The van der Waals surface area contributed by atoms with Crippen LogP contribution in [0.15, 0.2) is 18.2 Å². The van der Waals surface area contributed by atoms with Gasteiger partial charge in [-0.05, 0) is 51.3 Å². The fraction of sp³-hybridized carbons (Fsp3) is 0.526. The number of hydrogen-bond donors (Lipinski definition) is 3. The molecule has 0 saturated heterocycles. The maximum Gasteiger partial charge on any atom is 0.251 e. The molecule has 1 aromatic rings. The minimum atomic E-state index is -0.908. The maximum absolute atomic E-state index is 12.2. The van der Waals surface area contributed by atoms with Crippen LogP contribution >= 0.6 is 0 Å². The van der Waals surface area contributed by atoms with Crippen LogP contribution < -0.4 is 16.0 Å². The molecule has 0 aliphatic heterocycles. The van der Waals surface area contributed by atoms with Crippen molar-refractivity contribution in [2.24, 2.45) is 5.92 Å². The zero-order chi connectivity index (χ0) is 19.2. The second-order valence-corrected chi connectivity index (χ2v) is 7.03. The number of benzene rings is 1. The van der Waals surface area contributed by atoms with E-state index in [1.54, 1.807) is 13.0 Å². The Hall–Kier alpha value is -2.55. The van der Waals surface area contributed by atoms with Crippen molar-refractivity contribution in [2.75, 3.05) is 11.9 Å². The summed E-state index contributed by atoms with van der Waals surface area (Å²) in [6, 6.07) is 7.58. The normalized spacial score (nSPS) is 13.1. The lowest BCUT2D eigenvalue weighted by Gasteiger charge is -2.27. The van der Waals surface area contributed by atoms with Gasteiger partial charge in [0.25, 0.3) is 5.91 Å². The van der Waals surface area contributed by atoms with Gasteiger partial charge in [0.1, 0.15) is 5.54 Å². The molecule has 0 saturated carbocycles. The van der Waals surface area contributed by atoms with Gasteiger partial charge in [-0.25, -0.2) is 0 Å². The first kappa shape index (κ1) is 20.5. The van der Waals surface area contributed by atoms with E-state index in [-0.39, 0.29) is 30.3 Å². The van der Waals surface area contributed by atoms with Crippen molar-refractivity contribution in [3.8, 4) is 6.07 Å². The summed E-state index contributed by atoms with van der Waals surface area (Å²) in [5.41, 5.74) is 1.21. The summed E-state index contributed by atoms with van der Waals surface area (Å²) in [7, 11) is 0. The molecular weight excluding hydrogens is 316 g/mol. The average Bonchev–Trinajstić information content (AvgIpc) is 2.52. The molecule has 1 atom stereocenters. The van der Waals surface area contributed by atoms with E-state index >= 15 is 0 Å². The Labute approximate surface area is 150 Å². The number of nitrogens with zero attached hydrogens (tertiary/aromatic N) is 1. The number of rotatable bonds is 7. The Kier molecular flexibility index (Phi) is 6.98. The van der Waals surface area contributed by atoms with Gasteiger partial charge >= 0.3 is 0 Å². The minimum Gasteiger partial charge on any atom is -0.376 e. The highest BCUT2D eigenvalue weighted by Gasteiger charge is 2.29. The van der Waals surface area contributed by atoms with E-state index in [9.17, 15) is 14.9 Å². The van der Waals surface area contributed by atoms with Crippen LogP contribution in [0.5, 0.6) is 0 Å². The van der Waals surface area contributed by atoms with Crippen molar-refractivity contribution in [3.05, 3.63) is 29.3 Å². The van der Waals surface area contributed by atoms with Crippen LogP contribution in [-0.2, 0) is 4.79 Å². The second kappa shape index (κ2) is 8.52. The standard InChI is InChI=1S/C19H28N4O2/c1-12(2)19(6,11-20)23-17(24)10-21-15-8-7-14(5)16(9-15)18(25)22-13(3)4/h7-9,12-13,21H,10H2,1-6H3,(H,22,25)(H,23,24)/t19-/m0/s1. The van der Waals surface area contributed by atoms with Crippen LogP contribution in [0, 0.1) is 24.2 Å². The number of nitrogens with one attached hydrogen (secondary N) is 3. The molecule has 0 aliphatic carbocycles. The molecule has 1 rings (SSSR count). The van der Waals surface area contributed by atoms with Gasteiger partial charge in [0.05, 0.1) is 12.6 Å². The minimum absolute atomic E-state index is 0.00726. The lowest BCUT2D eigenvalue weighted by Crippen LogP contribution is -2.50. The van der Waals surface area contributed by atoms with Gasteiger partial charge in [0.15, 0.2) is 0 Å². The predicted molar refractivity (Wildman–Crippen MR) is 99.3 cm³/mol. The summed E-state index contributed by atoms with van der Waals surface area (Å²) in [6.07, 6.45) is 0. The SMILES string of the molecule is Cc1ccc(NCC(=O)N[C@@](C)(C#N)C(C)C)cc1C(=O)NC(C)C. The summed E-state index contributed by atoms with van der Waals surface area (Å²) >= 11 is 0. The lowest BCUT2D eigenvalue weighted by molar-refractivity contribution is -0.121. The van der Waals surface area contributed by atoms with Crippen molar-refractivity contribution >= 4 is 17.5 Å². The topological polar surface area (TPSA) is 94.0 Å². The van der Waals surface area contributed by atoms with Crippen LogP contribution in [-0.4, -0.2) is 29.9 Å². The van der Waals surface area contributed by atoms with Crippen molar-refractivity contribution in [1.82, 2.24) is 10.6 Å². The number of hydrogen-bond acceptors (Lipinski definition) is 4. The van der Waals surface area contributed by atoms with E-state index in [0.717, 1.165) is 5.56 Å². The largest absolute Gasteiger partial charge is 0.376 e. The zero-order valence-corrected chi connectivity index (χ0v) is 15.9. The molecule has 0 radical (unpaired) electrons. The first-order chi connectivity index (χ1) is 11.6. The molecule has 25 heavy (non-hydrogen) atoms. The monoisotopic (exact) mass is 344 g/mol. The van der Waals surface area contributed by atoms with Gasteiger partial charge in [0, 0.05) is 17.3 Å². The molecule has 2 amide bonds. The lowest BCUT2D eigenvalue weighted by atomic mass is 9.90. The number of amides is 2. The van der Waals surface area contributed by atoms with Crippen molar-refractivity contribution < 1.29 is 9.59 Å². The molecule has 6 nitrogen and oxygen atoms in total. The van der Waals surface area contributed by atoms with Crippen LogP contribution in [0.1, 0.15) is 50.5 Å². The van der Waals surface area contributed by atoms with Crippen molar-refractivity contribution in [1.29, 1.82) is 5.26 Å². The molecule has 0 spiro atoms. The third-order valence-corrected chi connectivity index (χ3v) is 4.14. The fourth-order valence-electron chi connectivity index (χ4n) is 2.13. The van der Waals surface area contributed by atoms with Crippen LogP contribution in [0.2, 0.25) is 0 Å². The number of carbonyl (C=O) groups is 2. The first-order valence-corrected chi connectivity index (χ1v) is 8.46. The maximum atomic E-state index is 12.2. The summed E-state index contributed by atoms with van der Waals surface area (Å²) in [6.45, 7) is 11.2. The van der Waals surface area contributed by atoms with Crippen LogP contribution in [0.4, 0.5) is 5.69 Å². The highest BCUT2D eigenvalue weighted by atomic mass is 16.2. The molecule has 0 fully saturated rings. The Bertz CT molecular complexity index is 676. The summed E-state index contributed by atoms with van der Waals surface area (Å²) in [5.74, 6) is -0.420. The van der Waals surface area contributed by atoms with Crippen LogP contribution in [0.3, 0.4) is 0 Å². The predicted octanol–water partition coefficient (Wildman–Crippen LogP) is 2.60. The zero-order valence-electron chi connectivity index (χ0n) is 15.9. The van der Waals surface area contributed by atoms with Gasteiger partial charge in [-0.3, -0.25) is 9.59 Å². The van der Waals surface area contributed by atoms with E-state index in [1.807, 2.05) is 46.8 Å². The van der Waals surface area contributed by atoms with E-state index in [0.29, 0.717) is 11.3 Å². The van der Waals surface area contributed by atoms with E-state index in [4.69, 9.17) is 0 Å². The van der Waals surface area contributed by atoms with Gasteiger partial charge in [-0.2, -0.15) is 5.26 Å². The average molecular weight is 344 g/mol. The van der Waals surface area contributed by atoms with E-state index in [1.165, 1.54) is 0 Å². The molecule has 136 valence electrons. The van der Waals surface area contributed by atoms with Gasteiger partial charge < -0.3 is 16.0 Å². The van der Waals surface area contributed by atoms with E-state index < -0.39 is 5.54 Å². The summed E-state index contributed by atoms with van der Waals surface area (Å²) in [5, 5.41) is 17.9. The van der Waals surface area contributed by atoms with Gasteiger partial charge in [-0.1, -0.05) is 19.9 Å². The quantitative estimate of drug-likeness (QED) is 0.709. The Balaban J connectivity index is 2.77. The molecule has 1 aromatic carbocycles. The molecule has 0 unspecified atom stereocenters. The molecule has 0 bridgehead atoms. The number of nitriles is 1. The molecule has 0 aromatic heterocycles. The molecule has 3 N–H and O–H groups in total. The third-order valence-electron chi connectivity index (χ3n) is 4.14. The van der Waals surface area contributed by atoms with Crippen LogP contribution in [0.25, 0.3) is 0 Å². The number of aryl methyl sites for hydroxylation is 1. The second-order valence-electron chi connectivity index (χ2n) is 7.03. The molecule has 0 heterocycles. The van der Waals surface area contributed by atoms with Gasteiger partial charge in [-0.15, -0.1) is 0 Å². The Morgan fingerprint density at radius 3 is 2.40 bits per heavy atom. The van der Waals surface area contributed by atoms with Crippen molar-refractivity contribution in [3.63, 3.8) is 0 Å². The summed E-state index contributed by atoms with van der Waals surface area (Å²) < 4.78 is 0. The highest BCUT2D eigenvalue weighted by Crippen LogP contribution is 2.17. The van der Waals surface area contributed by atoms with Gasteiger partial charge in [0.2, 0.25) is 5.91 Å². The molecular formula is C19H28N4O2. The Morgan fingerprint density at radius 1 is 1.24 bits per heavy atom. The number of anilines is 1.